The molecule has 0 saturated carbocycles. The molecular weight excluding hydrogens is 228 g/mol. The lowest BCUT2D eigenvalue weighted by molar-refractivity contribution is 0.0185. The number of likely N-dealkylation sites (tertiary alicyclic amines) is 1. The molecule has 4 nitrogen and oxygen atoms in total. The quantitative estimate of drug-likeness (QED) is 0.708. The Morgan fingerprint density at radius 1 is 1.44 bits per heavy atom. The molecule has 0 aliphatic carbocycles. The fourth-order valence-electron chi connectivity index (χ4n) is 1.99. The number of carbonyl (C=O) groups excluding carboxylic acids is 1. The SMILES string of the molecule is CC(C)(C)OC(=O)N1CCC(C/C=C/C#N)CC1. The van der Waals surface area contributed by atoms with Gasteiger partial charge in [-0.1, -0.05) is 6.08 Å². The van der Waals surface area contributed by atoms with Crippen LogP contribution in [-0.2, 0) is 4.74 Å². The minimum atomic E-state index is -0.427. The predicted molar refractivity (Wildman–Crippen MR) is 69.9 cm³/mol. The van der Waals surface area contributed by atoms with Crippen LogP contribution in [0.15, 0.2) is 12.2 Å². The third-order valence-electron chi connectivity index (χ3n) is 2.93. The minimum Gasteiger partial charge on any atom is -0.444 e. The molecule has 1 aliphatic rings. The van der Waals surface area contributed by atoms with E-state index in [9.17, 15) is 4.79 Å². The zero-order valence-corrected chi connectivity index (χ0v) is 11.5. The van der Waals surface area contributed by atoms with Crippen LogP contribution in [-0.4, -0.2) is 29.7 Å². The van der Waals surface area contributed by atoms with Crippen LogP contribution in [0.3, 0.4) is 0 Å². The highest BCUT2D eigenvalue weighted by Crippen LogP contribution is 2.22. The van der Waals surface area contributed by atoms with Crippen molar-refractivity contribution in [3.05, 3.63) is 12.2 Å². The van der Waals surface area contributed by atoms with Gasteiger partial charge < -0.3 is 9.64 Å². The Balaban J connectivity index is 2.33. The van der Waals surface area contributed by atoms with Gasteiger partial charge >= 0.3 is 6.09 Å². The number of allylic oxidation sites excluding steroid dienone is 2. The molecule has 0 spiro atoms. The number of ether oxygens (including phenoxy) is 1. The fourth-order valence-corrected chi connectivity index (χ4v) is 1.99. The number of hydrogen-bond donors (Lipinski definition) is 0. The van der Waals surface area contributed by atoms with Gasteiger partial charge in [0.25, 0.3) is 0 Å². The van der Waals surface area contributed by atoms with Gasteiger partial charge in [0.05, 0.1) is 6.07 Å². The molecule has 0 aromatic rings. The molecule has 0 aromatic heterocycles. The van der Waals surface area contributed by atoms with Crippen LogP contribution in [0.25, 0.3) is 0 Å². The number of piperidine rings is 1. The largest absolute Gasteiger partial charge is 0.444 e. The highest BCUT2D eigenvalue weighted by Gasteiger charge is 2.26. The summed E-state index contributed by atoms with van der Waals surface area (Å²) in [6, 6.07) is 1.99. The molecule has 4 heteroatoms. The number of amides is 1. The Hall–Kier alpha value is -1.50. The van der Waals surface area contributed by atoms with E-state index in [1.54, 1.807) is 4.90 Å². The molecule has 1 aliphatic heterocycles. The maximum Gasteiger partial charge on any atom is 0.410 e. The van der Waals surface area contributed by atoms with Crippen LogP contribution in [0.5, 0.6) is 0 Å². The topological polar surface area (TPSA) is 53.3 Å². The maximum atomic E-state index is 11.8. The summed E-state index contributed by atoms with van der Waals surface area (Å²) >= 11 is 0. The van der Waals surface area contributed by atoms with Crippen molar-refractivity contribution in [3.63, 3.8) is 0 Å². The summed E-state index contributed by atoms with van der Waals surface area (Å²) in [4.78, 5) is 13.6. The van der Waals surface area contributed by atoms with E-state index < -0.39 is 5.60 Å². The van der Waals surface area contributed by atoms with Gasteiger partial charge in [-0.25, -0.2) is 4.79 Å². The van der Waals surface area contributed by atoms with Crippen molar-refractivity contribution >= 4 is 6.09 Å². The van der Waals surface area contributed by atoms with E-state index in [4.69, 9.17) is 10.00 Å². The van der Waals surface area contributed by atoms with Gasteiger partial charge in [-0.15, -0.1) is 0 Å². The minimum absolute atomic E-state index is 0.214. The number of hydrogen-bond acceptors (Lipinski definition) is 3. The van der Waals surface area contributed by atoms with E-state index in [2.05, 4.69) is 0 Å². The molecule has 1 amide bonds. The lowest BCUT2D eigenvalue weighted by Gasteiger charge is -2.33. The number of carbonyl (C=O) groups is 1. The van der Waals surface area contributed by atoms with Gasteiger partial charge in [0.2, 0.25) is 0 Å². The molecule has 1 saturated heterocycles. The third-order valence-corrected chi connectivity index (χ3v) is 2.93. The first-order valence-electron chi connectivity index (χ1n) is 6.45. The van der Waals surface area contributed by atoms with E-state index in [-0.39, 0.29) is 6.09 Å². The van der Waals surface area contributed by atoms with Crippen molar-refractivity contribution in [2.75, 3.05) is 13.1 Å². The van der Waals surface area contributed by atoms with Crippen molar-refractivity contribution in [3.8, 4) is 6.07 Å². The van der Waals surface area contributed by atoms with Gasteiger partial charge in [-0.2, -0.15) is 5.26 Å². The van der Waals surface area contributed by atoms with Crippen LogP contribution in [0.2, 0.25) is 0 Å². The zero-order chi connectivity index (χ0) is 13.6. The number of rotatable bonds is 2. The van der Waals surface area contributed by atoms with Crippen molar-refractivity contribution in [1.82, 2.24) is 4.90 Å². The second-order valence-electron chi connectivity index (χ2n) is 5.68. The number of nitrogens with zero attached hydrogens (tertiary/aromatic N) is 2. The third kappa shape index (κ3) is 5.22. The van der Waals surface area contributed by atoms with Crippen molar-refractivity contribution in [1.29, 1.82) is 5.26 Å². The summed E-state index contributed by atoms with van der Waals surface area (Å²) in [6.45, 7) is 7.14. The molecule has 0 atom stereocenters. The van der Waals surface area contributed by atoms with Gasteiger partial charge in [0, 0.05) is 19.2 Å². The molecule has 1 rings (SSSR count). The molecule has 0 aromatic carbocycles. The van der Waals surface area contributed by atoms with E-state index in [1.807, 2.05) is 32.9 Å². The van der Waals surface area contributed by atoms with Crippen LogP contribution in [0, 0.1) is 17.2 Å². The van der Waals surface area contributed by atoms with Crippen LogP contribution in [0.4, 0.5) is 4.79 Å². The average molecular weight is 250 g/mol. The second kappa shape index (κ2) is 6.44. The normalized spacial score (nSPS) is 17.8. The monoisotopic (exact) mass is 250 g/mol. The van der Waals surface area contributed by atoms with Gasteiger partial charge in [-0.3, -0.25) is 0 Å². The summed E-state index contributed by atoms with van der Waals surface area (Å²) in [5, 5.41) is 8.41. The summed E-state index contributed by atoms with van der Waals surface area (Å²) in [7, 11) is 0. The highest BCUT2D eigenvalue weighted by atomic mass is 16.6. The Bertz CT molecular complexity index is 342. The molecule has 0 N–H and O–H groups in total. The molecule has 0 bridgehead atoms. The summed E-state index contributed by atoms with van der Waals surface area (Å²) < 4.78 is 5.34. The standard InChI is InChI=1S/C14H22N2O2/c1-14(2,3)18-13(17)16-10-7-12(8-11-16)6-4-5-9-15/h4-5,12H,6-8,10-11H2,1-3H3/b5-4+. The lowest BCUT2D eigenvalue weighted by Crippen LogP contribution is -2.41. The predicted octanol–water partition coefficient (Wildman–Crippen LogP) is 3.10. The van der Waals surface area contributed by atoms with Gasteiger partial charge in [0.15, 0.2) is 0 Å². The summed E-state index contributed by atoms with van der Waals surface area (Å²) in [6.07, 6.45) is 6.11. The van der Waals surface area contributed by atoms with E-state index in [1.165, 1.54) is 6.08 Å². The van der Waals surface area contributed by atoms with Crippen molar-refractivity contribution < 1.29 is 9.53 Å². The maximum absolute atomic E-state index is 11.8. The Morgan fingerprint density at radius 3 is 2.56 bits per heavy atom. The molecule has 1 heterocycles. The molecule has 100 valence electrons. The smallest absolute Gasteiger partial charge is 0.410 e. The van der Waals surface area contributed by atoms with E-state index in [0.29, 0.717) is 5.92 Å². The van der Waals surface area contributed by atoms with E-state index >= 15 is 0 Å². The molecule has 0 unspecified atom stereocenters. The first-order chi connectivity index (χ1) is 8.42. The Morgan fingerprint density at radius 2 is 2.06 bits per heavy atom. The van der Waals surface area contributed by atoms with Crippen molar-refractivity contribution in [2.45, 2.75) is 45.6 Å². The molecule has 0 radical (unpaired) electrons. The van der Waals surface area contributed by atoms with Crippen molar-refractivity contribution in [2.24, 2.45) is 5.92 Å². The molecular formula is C14H22N2O2. The average Bonchev–Trinajstić information content (AvgIpc) is 2.28. The van der Waals surface area contributed by atoms with Gasteiger partial charge in [0.1, 0.15) is 5.60 Å². The van der Waals surface area contributed by atoms with Crippen LogP contribution in [0.1, 0.15) is 40.0 Å². The van der Waals surface area contributed by atoms with Crippen LogP contribution < -0.4 is 0 Å². The molecule has 18 heavy (non-hydrogen) atoms. The van der Waals surface area contributed by atoms with Crippen LogP contribution >= 0.6 is 0 Å². The number of nitriles is 1. The van der Waals surface area contributed by atoms with E-state index in [0.717, 1.165) is 32.4 Å². The van der Waals surface area contributed by atoms with Gasteiger partial charge in [-0.05, 0) is 46.0 Å². The Kier molecular flexibility index (Phi) is 5.21. The summed E-state index contributed by atoms with van der Waals surface area (Å²) in [5.41, 5.74) is -0.427. The Labute approximate surface area is 109 Å². The first-order valence-corrected chi connectivity index (χ1v) is 6.45. The fraction of sp³-hybridized carbons (Fsp3) is 0.714. The first kappa shape index (κ1) is 14.6. The lowest BCUT2D eigenvalue weighted by atomic mass is 9.93. The summed E-state index contributed by atoms with van der Waals surface area (Å²) in [5.74, 6) is 0.577. The molecule has 1 fully saturated rings. The highest BCUT2D eigenvalue weighted by molar-refractivity contribution is 5.68. The zero-order valence-electron chi connectivity index (χ0n) is 11.5. The second-order valence-corrected chi connectivity index (χ2v) is 5.68.